The number of rotatable bonds is 13. The molecule has 0 fully saturated rings. The maximum absolute atomic E-state index is 11.6. The van der Waals surface area contributed by atoms with Gasteiger partial charge < -0.3 is 25.0 Å². The van der Waals surface area contributed by atoms with E-state index in [-0.39, 0.29) is 18.8 Å². The van der Waals surface area contributed by atoms with Crippen LogP contribution in [0.1, 0.15) is 33.1 Å². The quantitative estimate of drug-likeness (QED) is 0.255. The molecule has 0 aromatic heterocycles. The topological polar surface area (TPSA) is 105 Å². The number of carboxylic acid groups (broad SMARTS) is 2. The van der Waals surface area contributed by atoms with Crippen molar-refractivity contribution in [2.45, 2.75) is 51.1 Å². The molecule has 0 amide bonds. The molecule has 7 nitrogen and oxygen atoms in total. The van der Waals surface area contributed by atoms with Crippen LogP contribution in [0.15, 0.2) is 0 Å². The highest BCUT2D eigenvalue weighted by Crippen LogP contribution is 2.31. The Kier molecular flexibility index (Phi) is 10.2. The summed E-state index contributed by atoms with van der Waals surface area (Å²) in [4.78, 5) is 23.0. The summed E-state index contributed by atoms with van der Waals surface area (Å²) in [5.74, 6) is -2.31. The minimum atomic E-state index is -1.27. The molecule has 3 N–H and O–H groups in total. The summed E-state index contributed by atoms with van der Waals surface area (Å²) in [6.45, 7) is 3.90. The molecule has 0 bridgehead atoms. The summed E-state index contributed by atoms with van der Waals surface area (Å²) >= 11 is 0. The van der Waals surface area contributed by atoms with Gasteiger partial charge in [-0.3, -0.25) is 9.59 Å². The third kappa shape index (κ3) is 5.67. The molecule has 0 aliphatic carbocycles. The maximum atomic E-state index is 11.6. The van der Waals surface area contributed by atoms with Crippen molar-refractivity contribution in [1.29, 1.82) is 0 Å². The fourth-order valence-electron chi connectivity index (χ4n) is 2.62. The fourth-order valence-corrected chi connectivity index (χ4v) is 3.96. The Morgan fingerprint density at radius 1 is 1.18 bits per heavy atom. The molecule has 0 aromatic carbocycles. The lowest BCUT2D eigenvalue weighted by Crippen LogP contribution is -2.54. The lowest BCUT2D eigenvalue weighted by atomic mass is 9.75. The molecule has 22 heavy (non-hydrogen) atoms. The minimum Gasteiger partial charge on any atom is -0.481 e. The lowest BCUT2D eigenvalue weighted by molar-refractivity contribution is -0.159. The van der Waals surface area contributed by atoms with Crippen LogP contribution in [0.25, 0.3) is 0 Å². The molecule has 0 rings (SSSR count). The summed E-state index contributed by atoms with van der Waals surface area (Å²) in [6, 6.07) is -0.147. The van der Waals surface area contributed by atoms with E-state index in [1.165, 1.54) is 0 Å². The van der Waals surface area contributed by atoms with Gasteiger partial charge in [0.15, 0.2) is 0 Å². The number of ether oxygens (including phenoxy) is 2. The van der Waals surface area contributed by atoms with Gasteiger partial charge in [0, 0.05) is 14.2 Å². The summed E-state index contributed by atoms with van der Waals surface area (Å²) in [5, 5.41) is 21.7. The second kappa shape index (κ2) is 10.7. The Labute approximate surface area is 134 Å². The second-order valence-electron chi connectivity index (χ2n) is 5.29. The molecule has 0 heterocycles. The number of hydrogen-bond acceptors (Lipinski definition) is 5. The molecule has 0 saturated heterocycles. The van der Waals surface area contributed by atoms with E-state index in [0.29, 0.717) is 6.54 Å². The van der Waals surface area contributed by atoms with Crippen LogP contribution in [-0.2, 0) is 19.1 Å². The molecule has 0 unspecified atom stereocenters. The molecule has 0 aromatic rings. The Morgan fingerprint density at radius 3 is 2.09 bits per heavy atom. The van der Waals surface area contributed by atoms with Crippen LogP contribution in [0.2, 0.25) is 6.04 Å². The zero-order valence-electron chi connectivity index (χ0n) is 13.9. The molecule has 0 aliphatic rings. The molecule has 0 radical (unpaired) electrons. The highest BCUT2D eigenvalue weighted by atomic mass is 28.2. The van der Waals surface area contributed by atoms with Gasteiger partial charge in [0.1, 0.15) is 12.0 Å². The average Bonchev–Trinajstić information content (AvgIpc) is 2.49. The van der Waals surface area contributed by atoms with Crippen LogP contribution in [0.3, 0.4) is 0 Å². The van der Waals surface area contributed by atoms with E-state index in [9.17, 15) is 19.8 Å². The Morgan fingerprint density at radius 2 is 1.73 bits per heavy atom. The molecule has 1 atom stereocenters. The summed E-state index contributed by atoms with van der Waals surface area (Å²) in [6.07, 6.45) is 1.32. The summed E-state index contributed by atoms with van der Waals surface area (Å²) < 4.78 is 10.3. The number of hydrogen-bond donors (Lipinski definition) is 3. The van der Waals surface area contributed by atoms with Crippen molar-refractivity contribution in [3.8, 4) is 0 Å². The smallest absolute Gasteiger partial charge is 0.321 e. The number of carbonyl (C=O) groups is 2. The van der Waals surface area contributed by atoms with Gasteiger partial charge in [-0.2, -0.15) is 0 Å². The van der Waals surface area contributed by atoms with Crippen LogP contribution >= 0.6 is 0 Å². The normalized spacial score (nSPS) is 13.9. The van der Waals surface area contributed by atoms with Crippen molar-refractivity contribution in [3.63, 3.8) is 0 Å². The van der Waals surface area contributed by atoms with Gasteiger partial charge in [-0.05, 0) is 25.8 Å². The predicted molar refractivity (Wildman–Crippen MR) is 85.9 cm³/mol. The van der Waals surface area contributed by atoms with E-state index in [0.717, 1.165) is 12.5 Å². The van der Waals surface area contributed by atoms with E-state index >= 15 is 0 Å². The van der Waals surface area contributed by atoms with Crippen LogP contribution in [0, 0.1) is 5.41 Å². The molecule has 8 heteroatoms. The van der Waals surface area contributed by atoms with Crippen molar-refractivity contribution < 1.29 is 29.3 Å². The third-order valence-electron chi connectivity index (χ3n) is 4.23. The molecular weight excluding hydrogens is 306 g/mol. The highest BCUT2D eigenvalue weighted by molar-refractivity contribution is 6.36. The van der Waals surface area contributed by atoms with Gasteiger partial charge in [-0.15, -0.1) is 0 Å². The fraction of sp³-hybridized carbons (Fsp3) is 0.857. The van der Waals surface area contributed by atoms with Crippen molar-refractivity contribution in [2.75, 3.05) is 20.8 Å². The zero-order valence-corrected chi connectivity index (χ0v) is 15.3. The van der Waals surface area contributed by atoms with E-state index in [1.54, 1.807) is 28.1 Å². The summed E-state index contributed by atoms with van der Waals surface area (Å²) in [7, 11) is 2.65. The van der Waals surface area contributed by atoms with Gasteiger partial charge in [-0.1, -0.05) is 19.9 Å². The predicted octanol–water partition coefficient (Wildman–Crippen LogP) is 0.474. The number of nitrogens with one attached hydrogen (secondary N) is 1. The molecule has 0 saturated carbocycles. The van der Waals surface area contributed by atoms with Gasteiger partial charge in [0.05, 0.1) is 14.9 Å². The van der Waals surface area contributed by atoms with E-state index in [4.69, 9.17) is 9.47 Å². The number of methoxy groups -OCH3 is 2. The summed E-state index contributed by atoms with van der Waals surface area (Å²) in [5.41, 5.74) is -1.27. The maximum Gasteiger partial charge on any atom is 0.321 e. The Bertz CT molecular complexity index is 344. The van der Waals surface area contributed by atoms with Crippen molar-refractivity contribution in [3.05, 3.63) is 0 Å². The van der Waals surface area contributed by atoms with Gasteiger partial charge >= 0.3 is 11.9 Å². The zero-order chi connectivity index (χ0) is 17.2. The Hall–Kier alpha value is -0.963. The van der Waals surface area contributed by atoms with Gasteiger partial charge in [0.25, 0.3) is 0 Å². The van der Waals surface area contributed by atoms with Crippen molar-refractivity contribution >= 4 is 21.5 Å². The first-order valence-electron chi connectivity index (χ1n) is 7.64. The molecule has 0 aliphatic heterocycles. The van der Waals surface area contributed by atoms with E-state index in [1.807, 2.05) is 0 Å². The monoisotopic (exact) mass is 335 g/mol. The van der Waals surface area contributed by atoms with Crippen LogP contribution in [0.5, 0.6) is 0 Å². The standard InChI is InChI=1S/C14H29NO6Si/c1-5-14(6-2,12(18)19)10(11(16)17)15-8-7-9-22-13(20-3)21-4/h10,13,15H,5-9,22H2,1-4H3,(H,16,17)(H,18,19)/t10-/m1/s1. The average molecular weight is 335 g/mol. The van der Waals surface area contributed by atoms with E-state index < -0.39 is 32.9 Å². The minimum absolute atomic E-state index is 0.125. The largest absolute Gasteiger partial charge is 0.481 e. The van der Waals surface area contributed by atoms with Crippen LogP contribution in [-0.4, -0.2) is 64.4 Å². The second-order valence-corrected chi connectivity index (χ2v) is 7.24. The van der Waals surface area contributed by atoms with E-state index in [2.05, 4.69) is 5.32 Å². The van der Waals surface area contributed by atoms with Crippen molar-refractivity contribution in [2.24, 2.45) is 5.41 Å². The molecule has 0 spiro atoms. The van der Waals surface area contributed by atoms with Gasteiger partial charge in [-0.25, -0.2) is 0 Å². The first-order chi connectivity index (χ1) is 10.4. The van der Waals surface area contributed by atoms with Gasteiger partial charge in [0.2, 0.25) is 0 Å². The molecular formula is C14H29NO6Si. The number of aliphatic carboxylic acids is 2. The van der Waals surface area contributed by atoms with Crippen LogP contribution < -0.4 is 5.32 Å². The lowest BCUT2D eigenvalue weighted by Gasteiger charge is -2.33. The Balaban J connectivity index is 4.54. The van der Waals surface area contributed by atoms with Crippen molar-refractivity contribution in [1.82, 2.24) is 5.32 Å². The highest BCUT2D eigenvalue weighted by Gasteiger charge is 2.46. The first kappa shape index (κ1) is 21.0. The van der Waals surface area contributed by atoms with Crippen LogP contribution in [0.4, 0.5) is 0 Å². The first-order valence-corrected chi connectivity index (χ1v) is 9.46. The SMILES string of the molecule is CCC(CC)(C(=O)O)[C@H](NCCC[SiH2]C(OC)OC)C(=O)O. The number of carboxylic acids is 2. The third-order valence-corrected chi connectivity index (χ3v) is 6.27. The molecule has 130 valence electrons.